The number of amides is 1. The highest BCUT2D eigenvalue weighted by Gasteiger charge is 2.31. The number of thioether (sulfide) groups is 1. The van der Waals surface area contributed by atoms with Crippen LogP contribution in [0.5, 0.6) is 0 Å². The molecule has 3 N–H and O–H groups in total. The largest absolute Gasteiger partial charge is 0.354 e. The number of rotatable bonds is 5. The summed E-state index contributed by atoms with van der Waals surface area (Å²) in [6.45, 7) is 3.29. The van der Waals surface area contributed by atoms with Crippen LogP contribution >= 0.6 is 11.8 Å². The molecule has 4 nitrogen and oxygen atoms in total. The van der Waals surface area contributed by atoms with Crippen LogP contribution < -0.4 is 11.1 Å². The highest BCUT2D eigenvalue weighted by atomic mass is 32.2. The van der Waals surface area contributed by atoms with E-state index in [9.17, 15) is 4.79 Å². The van der Waals surface area contributed by atoms with Gasteiger partial charge < -0.3 is 11.1 Å². The second-order valence-corrected chi connectivity index (χ2v) is 7.61. The van der Waals surface area contributed by atoms with Gasteiger partial charge in [-0.25, -0.2) is 0 Å². The van der Waals surface area contributed by atoms with Gasteiger partial charge in [-0.15, -0.1) is 0 Å². The van der Waals surface area contributed by atoms with Crippen molar-refractivity contribution in [2.24, 2.45) is 5.73 Å². The Morgan fingerprint density at radius 1 is 1.30 bits per heavy atom. The second-order valence-electron chi connectivity index (χ2n) is 6.34. The maximum absolute atomic E-state index is 12.1. The van der Waals surface area contributed by atoms with Gasteiger partial charge in [-0.05, 0) is 31.9 Å². The van der Waals surface area contributed by atoms with Gasteiger partial charge in [0.05, 0.1) is 6.54 Å². The first-order valence-electron chi connectivity index (χ1n) is 7.93. The zero-order chi connectivity index (χ0) is 14.4. The van der Waals surface area contributed by atoms with Gasteiger partial charge in [0.1, 0.15) is 0 Å². The van der Waals surface area contributed by atoms with Crippen molar-refractivity contribution in [2.75, 3.05) is 32.4 Å². The quantitative estimate of drug-likeness (QED) is 0.809. The van der Waals surface area contributed by atoms with Crippen molar-refractivity contribution in [3.05, 3.63) is 0 Å². The highest BCUT2D eigenvalue weighted by Crippen LogP contribution is 2.37. The van der Waals surface area contributed by atoms with Crippen molar-refractivity contribution in [2.45, 2.75) is 55.7 Å². The first-order valence-corrected chi connectivity index (χ1v) is 9.16. The number of nitrogens with zero attached hydrogens (tertiary/aromatic N) is 1. The van der Waals surface area contributed by atoms with Gasteiger partial charge >= 0.3 is 0 Å². The molecule has 1 aliphatic heterocycles. The summed E-state index contributed by atoms with van der Waals surface area (Å²) in [5.74, 6) is 0.180. The number of carbonyl (C=O) groups excluding carboxylic acids is 1. The fourth-order valence-corrected chi connectivity index (χ4v) is 4.19. The maximum Gasteiger partial charge on any atom is 0.234 e. The Labute approximate surface area is 127 Å². The van der Waals surface area contributed by atoms with Crippen LogP contribution in [0.25, 0.3) is 0 Å². The number of carbonyl (C=O) groups is 1. The van der Waals surface area contributed by atoms with E-state index in [0.29, 0.717) is 12.6 Å². The molecule has 2 rings (SSSR count). The summed E-state index contributed by atoms with van der Waals surface area (Å²) >= 11 is 1.94. The van der Waals surface area contributed by atoms with E-state index >= 15 is 0 Å². The average molecular weight is 299 g/mol. The molecule has 20 heavy (non-hydrogen) atoms. The third-order valence-electron chi connectivity index (χ3n) is 4.80. The molecule has 1 saturated heterocycles. The molecule has 0 radical (unpaired) electrons. The predicted molar refractivity (Wildman–Crippen MR) is 86.0 cm³/mol. The lowest BCUT2D eigenvalue weighted by Gasteiger charge is -2.36. The third kappa shape index (κ3) is 4.64. The van der Waals surface area contributed by atoms with Crippen molar-refractivity contribution in [3.63, 3.8) is 0 Å². The minimum atomic E-state index is 0.180. The minimum absolute atomic E-state index is 0.180. The van der Waals surface area contributed by atoms with Crippen molar-refractivity contribution in [3.8, 4) is 0 Å². The van der Waals surface area contributed by atoms with Crippen LogP contribution in [0.1, 0.15) is 44.9 Å². The number of piperidine rings is 1. The predicted octanol–water partition coefficient (Wildman–Crippen LogP) is 1.59. The molecule has 0 spiro atoms. The molecule has 1 amide bonds. The van der Waals surface area contributed by atoms with Gasteiger partial charge in [0.25, 0.3) is 0 Å². The van der Waals surface area contributed by atoms with Gasteiger partial charge in [-0.1, -0.05) is 19.3 Å². The van der Waals surface area contributed by atoms with E-state index in [1.165, 1.54) is 32.1 Å². The van der Waals surface area contributed by atoms with Gasteiger partial charge in [-0.2, -0.15) is 11.8 Å². The molecule has 0 aromatic rings. The topological polar surface area (TPSA) is 58.4 Å². The van der Waals surface area contributed by atoms with E-state index in [4.69, 9.17) is 5.73 Å². The summed E-state index contributed by atoms with van der Waals surface area (Å²) in [5, 5.41) is 3.17. The number of nitrogens with one attached hydrogen (secondary N) is 1. The molecule has 5 heteroatoms. The molecular formula is C15H29N3OS. The second kappa shape index (κ2) is 7.66. The first kappa shape index (κ1) is 16.1. The number of likely N-dealkylation sites (tertiary alicyclic amines) is 1. The first-order chi connectivity index (χ1) is 9.63. The summed E-state index contributed by atoms with van der Waals surface area (Å²) in [5.41, 5.74) is 5.89. The number of nitrogens with two attached hydrogens (primary N) is 1. The van der Waals surface area contributed by atoms with Gasteiger partial charge in [0, 0.05) is 30.4 Å². The molecule has 1 heterocycles. The SMILES string of the molecule is CSC1(CNC(=O)CN2CCC(N)CC2)CCCCC1. The number of hydrogen-bond donors (Lipinski definition) is 2. The van der Waals surface area contributed by atoms with Crippen LogP contribution in [0.15, 0.2) is 0 Å². The Morgan fingerprint density at radius 2 is 1.95 bits per heavy atom. The lowest BCUT2D eigenvalue weighted by atomic mass is 9.88. The summed E-state index contributed by atoms with van der Waals surface area (Å²) in [4.78, 5) is 14.3. The molecule has 0 aromatic carbocycles. The van der Waals surface area contributed by atoms with Gasteiger partial charge in [0.15, 0.2) is 0 Å². The Bertz CT molecular complexity index is 310. The zero-order valence-electron chi connectivity index (χ0n) is 12.7. The lowest BCUT2D eigenvalue weighted by Crippen LogP contribution is -2.47. The molecule has 1 saturated carbocycles. The smallest absolute Gasteiger partial charge is 0.234 e. The molecule has 2 aliphatic rings. The van der Waals surface area contributed by atoms with Crippen LogP contribution in [0.3, 0.4) is 0 Å². The zero-order valence-corrected chi connectivity index (χ0v) is 13.5. The van der Waals surface area contributed by atoms with Crippen molar-refractivity contribution in [1.29, 1.82) is 0 Å². The Morgan fingerprint density at radius 3 is 2.55 bits per heavy atom. The van der Waals surface area contributed by atoms with E-state index in [0.717, 1.165) is 32.5 Å². The fraction of sp³-hybridized carbons (Fsp3) is 0.933. The molecule has 0 unspecified atom stereocenters. The van der Waals surface area contributed by atoms with E-state index in [2.05, 4.69) is 16.5 Å². The molecule has 2 fully saturated rings. The number of hydrogen-bond acceptors (Lipinski definition) is 4. The lowest BCUT2D eigenvalue weighted by molar-refractivity contribution is -0.122. The monoisotopic (exact) mass is 299 g/mol. The maximum atomic E-state index is 12.1. The van der Waals surface area contributed by atoms with Crippen LogP contribution in [0.2, 0.25) is 0 Å². The summed E-state index contributed by atoms with van der Waals surface area (Å²) in [6, 6.07) is 0.330. The van der Waals surface area contributed by atoms with E-state index < -0.39 is 0 Å². The summed E-state index contributed by atoms with van der Waals surface area (Å²) in [6.07, 6.45) is 10.7. The molecule has 1 aliphatic carbocycles. The average Bonchev–Trinajstić information content (AvgIpc) is 2.49. The Balaban J connectivity index is 1.71. The molecule has 116 valence electrons. The molecule has 0 atom stereocenters. The standard InChI is InChI=1S/C15H29N3OS/c1-20-15(7-3-2-4-8-15)12-17-14(19)11-18-9-5-13(16)6-10-18/h13H,2-12,16H2,1H3,(H,17,19). The van der Waals surface area contributed by atoms with Crippen molar-refractivity contribution >= 4 is 17.7 Å². The van der Waals surface area contributed by atoms with Crippen LogP contribution in [0, 0.1) is 0 Å². The molecular weight excluding hydrogens is 270 g/mol. The molecule has 0 aromatic heterocycles. The van der Waals surface area contributed by atoms with Gasteiger partial charge in [-0.3, -0.25) is 9.69 Å². The Kier molecular flexibility index (Phi) is 6.18. The molecule has 0 bridgehead atoms. The van der Waals surface area contributed by atoms with Crippen molar-refractivity contribution < 1.29 is 4.79 Å². The fourth-order valence-electron chi connectivity index (χ4n) is 3.28. The van der Waals surface area contributed by atoms with Crippen LogP contribution in [0.4, 0.5) is 0 Å². The Hall–Kier alpha value is -0.260. The minimum Gasteiger partial charge on any atom is -0.354 e. The van der Waals surface area contributed by atoms with E-state index in [1.54, 1.807) is 0 Å². The van der Waals surface area contributed by atoms with Crippen LogP contribution in [-0.4, -0.2) is 54.0 Å². The summed E-state index contributed by atoms with van der Waals surface area (Å²) < 4.78 is 0.290. The normalized spacial score (nSPS) is 24.5. The third-order valence-corrected chi connectivity index (χ3v) is 6.22. The van der Waals surface area contributed by atoms with E-state index in [1.807, 2.05) is 11.8 Å². The summed E-state index contributed by atoms with van der Waals surface area (Å²) in [7, 11) is 0. The van der Waals surface area contributed by atoms with Crippen molar-refractivity contribution in [1.82, 2.24) is 10.2 Å². The van der Waals surface area contributed by atoms with Gasteiger partial charge in [0.2, 0.25) is 5.91 Å². The highest BCUT2D eigenvalue weighted by molar-refractivity contribution is 8.00. The van der Waals surface area contributed by atoms with Crippen LogP contribution in [-0.2, 0) is 4.79 Å². The van der Waals surface area contributed by atoms with E-state index in [-0.39, 0.29) is 10.7 Å².